The van der Waals surface area contributed by atoms with Crippen LogP contribution in [0.4, 0.5) is 0 Å². The first-order chi connectivity index (χ1) is 10.1. The van der Waals surface area contributed by atoms with Gasteiger partial charge in [0.1, 0.15) is 0 Å². The molecule has 21 heavy (non-hydrogen) atoms. The minimum absolute atomic E-state index is 0.548. The van der Waals surface area contributed by atoms with Crippen molar-refractivity contribution < 1.29 is 4.74 Å². The number of rotatable bonds is 6. The maximum atomic E-state index is 6.08. The molecule has 0 radical (unpaired) electrons. The van der Waals surface area contributed by atoms with Crippen LogP contribution in [0.3, 0.4) is 0 Å². The summed E-state index contributed by atoms with van der Waals surface area (Å²) in [6.07, 6.45) is 16.4. The van der Waals surface area contributed by atoms with Crippen LogP contribution in [0.5, 0.6) is 0 Å². The summed E-state index contributed by atoms with van der Waals surface area (Å²) in [5, 5.41) is 0. The molecule has 1 heteroatoms. The van der Waals surface area contributed by atoms with Gasteiger partial charge in [-0.3, -0.25) is 0 Å². The first-order valence-electron chi connectivity index (χ1n) is 9.10. The van der Waals surface area contributed by atoms with Gasteiger partial charge < -0.3 is 4.74 Å². The molecule has 0 unspecified atom stereocenters. The zero-order valence-electron chi connectivity index (χ0n) is 13.5. The lowest BCUT2D eigenvalue weighted by Gasteiger charge is -2.30. The minimum Gasteiger partial charge on any atom is -0.467 e. The zero-order chi connectivity index (χ0) is 14.5. The summed E-state index contributed by atoms with van der Waals surface area (Å²) in [6, 6.07) is 0. The Kier molecular flexibility index (Phi) is 3.24. The van der Waals surface area contributed by atoms with Crippen molar-refractivity contribution in [2.75, 3.05) is 0 Å². The van der Waals surface area contributed by atoms with Gasteiger partial charge in [-0.2, -0.15) is 0 Å². The van der Waals surface area contributed by atoms with Crippen LogP contribution in [-0.4, -0.2) is 0 Å². The average Bonchev–Trinajstić information content (AvgIpc) is 3.16. The van der Waals surface area contributed by atoms with Gasteiger partial charge in [0.05, 0.1) is 11.5 Å². The molecular formula is C20H30O. The predicted octanol–water partition coefficient (Wildman–Crippen LogP) is 5.97. The van der Waals surface area contributed by atoms with Crippen LogP contribution in [0.15, 0.2) is 24.7 Å². The Labute approximate surface area is 129 Å². The lowest BCUT2D eigenvalue weighted by molar-refractivity contribution is 0.180. The van der Waals surface area contributed by atoms with Gasteiger partial charge in [-0.25, -0.2) is 0 Å². The largest absolute Gasteiger partial charge is 0.467 e. The first kappa shape index (κ1) is 13.9. The highest BCUT2D eigenvalue weighted by atomic mass is 16.5. The molecule has 116 valence electrons. The average molecular weight is 286 g/mol. The highest BCUT2D eigenvalue weighted by molar-refractivity contribution is 5.07. The Morgan fingerprint density at radius 2 is 1.14 bits per heavy atom. The second-order valence-corrected chi connectivity index (χ2v) is 8.83. The second kappa shape index (κ2) is 4.89. The lowest BCUT2D eigenvalue weighted by Crippen LogP contribution is -2.17. The van der Waals surface area contributed by atoms with E-state index in [2.05, 4.69) is 13.2 Å². The number of fused-ring (bicyclic) bond motifs is 4. The molecule has 0 heterocycles. The Balaban J connectivity index is 1.29. The highest BCUT2D eigenvalue weighted by Gasteiger charge is 2.46. The fourth-order valence-electron chi connectivity index (χ4n) is 6.23. The molecule has 0 spiro atoms. The van der Waals surface area contributed by atoms with Crippen molar-refractivity contribution in [3.8, 4) is 0 Å². The molecule has 4 saturated carbocycles. The molecule has 0 amide bonds. The van der Waals surface area contributed by atoms with Crippen LogP contribution in [0.1, 0.15) is 77.0 Å². The van der Waals surface area contributed by atoms with Crippen LogP contribution in [0, 0.1) is 22.7 Å². The van der Waals surface area contributed by atoms with Gasteiger partial charge in [-0.15, -0.1) is 0 Å². The lowest BCUT2D eigenvalue weighted by atomic mass is 9.80. The summed E-state index contributed by atoms with van der Waals surface area (Å²) in [5.41, 5.74) is 1.10. The highest BCUT2D eigenvalue weighted by Crippen LogP contribution is 2.58. The van der Waals surface area contributed by atoms with E-state index in [0.717, 1.165) is 36.2 Å². The quantitative estimate of drug-likeness (QED) is 0.546. The van der Waals surface area contributed by atoms with Gasteiger partial charge in [0.15, 0.2) is 0 Å². The number of allylic oxidation sites excluding steroid dienone is 2. The topological polar surface area (TPSA) is 9.23 Å². The fourth-order valence-corrected chi connectivity index (χ4v) is 6.23. The molecule has 0 aromatic rings. The van der Waals surface area contributed by atoms with E-state index < -0.39 is 0 Å². The van der Waals surface area contributed by atoms with Gasteiger partial charge in [-0.1, -0.05) is 13.2 Å². The van der Waals surface area contributed by atoms with E-state index in [9.17, 15) is 0 Å². The van der Waals surface area contributed by atoms with Crippen molar-refractivity contribution in [1.82, 2.24) is 0 Å². The van der Waals surface area contributed by atoms with E-state index in [0.29, 0.717) is 10.8 Å². The molecule has 0 aromatic heterocycles. The summed E-state index contributed by atoms with van der Waals surface area (Å²) >= 11 is 0. The predicted molar refractivity (Wildman–Crippen MR) is 86.6 cm³/mol. The van der Waals surface area contributed by atoms with E-state index in [1.54, 1.807) is 0 Å². The molecule has 4 aliphatic carbocycles. The van der Waals surface area contributed by atoms with Crippen LogP contribution < -0.4 is 0 Å². The van der Waals surface area contributed by atoms with Crippen molar-refractivity contribution >= 4 is 0 Å². The number of hydrogen-bond acceptors (Lipinski definition) is 1. The summed E-state index contributed by atoms with van der Waals surface area (Å²) in [4.78, 5) is 0. The van der Waals surface area contributed by atoms with Gasteiger partial charge in [0, 0.05) is 12.8 Å². The molecule has 0 N–H and O–H groups in total. The van der Waals surface area contributed by atoms with Crippen LogP contribution in [0.2, 0.25) is 0 Å². The molecule has 4 rings (SSSR count). The number of ether oxygens (including phenoxy) is 1. The monoisotopic (exact) mass is 286 g/mol. The molecule has 0 aliphatic heterocycles. The van der Waals surface area contributed by atoms with Crippen molar-refractivity contribution in [3.63, 3.8) is 0 Å². The minimum atomic E-state index is 0.548. The van der Waals surface area contributed by atoms with E-state index in [1.165, 1.54) is 64.2 Å². The summed E-state index contributed by atoms with van der Waals surface area (Å²) < 4.78 is 6.08. The summed E-state index contributed by atoms with van der Waals surface area (Å²) in [6.45, 7) is 8.44. The zero-order valence-corrected chi connectivity index (χ0v) is 13.5. The van der Waals surface area contributed by atoms with E-state index >= 15 is 0 Å². The molecule has 0 aromatic carbocycles. The van der Waals surface area contributed by atoms with E-state index in [1.807, 2.05) is 0 Å². The van der Waals surface area contributed by atoms with Gasteiger partial charge in [-0.05, 0) is 86.9 Å². The summed E-state index contributed by atoms with van der Waals surface area (Å²) in [7, 11) is 0. The fraction of sp³-hybridized carbons (Fsp3) is 0.800. The van der Waals surface area contributed by atoms with Crippen LogP contribution in [0.25, 0.3) is 0 Å². The third-order valence-electron chi connectivity index (χ3n) is 7.21. The number of hydrogen-bond donors (Lipinski definition) is 0. The van der Waals surface area contributed by atoms with Gasteiger partial charge >= 0.3 is 0 Å². The third kappa shape index (κ3) is 2.58. The molecule has 4 bridgehead atoms. The molecule has 0 saturated heterocycles. The Hall–Kier alpha value is -0.720. The van der Waals surface area contributed by atoms with Crippen LogP contribution >= 0.6 is 0 Å². The first-order valence-corrected chi connectivity index (χ1v) is 9.10. The van der Waals surface area contributed by atoms with Crippen molar-refractivity contribution in [1.29, 1.82) is 0 Å². The Morgan fingerprint density at radius 3 is 1.43 bits per heavy atom. The van der Waals surface area contributed by atoms with Crippen molar-refractivity contribution in [3.05, 3.63) is 24.7 Å². The summed E-state index contributed by atoms with van der Waals surface area (Å²) in [5.74, 6) is 4.00. The molecule has 1 nitrogen and oxygen atoms in total. The van der Waals surface area contributed by atoms with Crippen molar-refractivity contribution in [2.24, 2.45) is 22.7 Å². The molecule has 4 aliphatic rings. The van der Waals surface area contributed by atoms with E-state index in [4.69, 9.17) is 4.74 Å². The standard InChI is InChI=1S/C20H30O/c1-15(11-19-7-3-17(13-19)4-8-19)21-16(2)12-20-9-5-18(14-20)6-10-20/h17-18H,1-14H2. The maximum Gasteiger partial charge on any atom is 0.0969 e. The Morgan fingerprint density at radius 1 is 0.762 bits per heavy atom. The normalized spacial score (nSPS) is 43.4. The Bertz CT molecular complexity index is 402. The van der Waals surface area contributed by atoms with E-state index in [-0.39, 0.29) is 0 Å². The van der Waals surface area contributed by atoms with Crippen LogP contribution in [-0.2, 0) is 4.74 Å². The molecule has 4 fully saturated rings. The van der Waals surface area contributed by atoms with Gasteiger partial charge in [0.2, 0.25) is 0 Å². The molecular weight excluding hydrogens is 256 g/mol. The SMILES string of the molecule is C=C(CC12CCC(CC1)C2)OC(=C)CC12CCC(CC1)C2. The third-order valence-corrected chi connectivity index (χ3v) is 7.21. The van der Waals surface area contributed by atoms with Gasteiger partial charge in [0.25, 0.3) is 0 Å². The second-order valence-electron chi connectivity index (χ2n) is 8.83. The smallest absolute Gasteiger partial charge is 0.0969 e. The maximum absolute atomic E-state index is 6.08. The van der Waals surface area contributed by atoms with Crippen molar-refractivity contribution in [2.45, 2.75) is 77.0 Å². The molecule has 0 atom stereocenters.